The first kappa shape index (κ1) is 13.1. The lowest BCUT2D eigenvalue weighted by molar-refractivity contribution is -0.0324. The van der Waals surface area contributed by atoms with E-state index in [1.807, 2.05) is 6.20 Å². The number of aromatic nitrogens is 3. The molecule has 3 heterocycles. The summed E-state index contributed by atoms with van der Waals surface area (Å²) < 4.78 is 8.44. The first-order chi connectivity index (χ1) is 10.9. The van der Waals surface area contributed by atoms with Crippen LogP contribution in [0.5, 0.6) is 0 Å². The Morgan fingerprint density at radius 2 is 1.91 bits per heavy atom. The highest BCUT2D eigenvalue weighted by molar-refractivity contribution is 5.77. The van der Waals surface area contributed by atoms with Gasteiger partial charge >= 0.3 is 0 Å². The average molecular weight is 297 g/mol. The molecule has 0 aromatic carbocycles. The maximum atomic E-state index is 6.09. The van der Waals surface area contributed by atoms with Gasteiger partial charge in [-0.05, 0) is 62.5 Å². The Morgan fingerprint density at radius 3 is 2.59 bits per heavy atom. The third kappa shape index (κ3) is 2.00. The number of fused-ring (bicyclic) bond motifs is 1. The van der Waals surface area contributed by atoms with Gasteiger partial charge in [0.2, 0.25) is 0 Å². The van der Waals surface area contributed by atoms with E-state index in [2.05, 4.69) is 10.6 Å². The zero-order valence-corrected chi connectivity index (χ0v) is 13.0. The second kappa shape index (κ2) is 5.05. The van der Waals surface area contributed by atoms with Crippen molar-refractivity contribution in [1.29, 1.82) is 0 Å². The molecule has 0 radical (unpaired) electrons. The van der Waals surface area contributed by atoms with Crippen molar-refractivity contribution in [3.8, 4) is 0 Å². The van der Waals surface area contributed by atoms with Gasteiger partial charge in [-0.1, -0.05) is 6.42 Å². The molecule has 4 heteroatoms. The van der Waals surface area contributed by atoms with Crippen molar-refractivity contribution >= 4 is 11.2 Å². The summed E-state index contributed by atoms with van der Waals surface area (Å²) in [4.78, 5) is 9.80. The first-order valence-corrected chi connectivity index (χ1v) is 8.90. The Kier molecular flexibility index (Phi) is 3.00. The fourth-order valence-corrected chi connectivity index (χ4v) is 3.91. The normalized spacial score (nSPS) is 26.3. The molecule has 1 saturated heterocycles. The molecule has 2 aromatic rings. The van der Waals surface area contributed by atoms with Gasteiger partial charge in [-0.15, -0.1) is 0 Å². The fraction of sp³-hybridized carbons (Fsp3) is 0.667. The standard InChI is InChI=1S/C18H23N3O/c1-2-11-22-15(6-1)21-17(13-4-3-5-13)20-16-14(12-7-8-12)9-10-19-18(16)21/h9-10,12-13,15H,1-8,11H2. The number of hydrogen-bond acceptors (Lipinski definition) is 3. The SMILES string of the molecule is c1cc(C2CC2)c2nc(C3CCC3)n(C3CCCCO3)c2n1. The molecule has 2 aromatic heterocycles. The topological polar surface area (TPSA) is 39.9 Å². The van der Waals surface area contributed by atoms with Gasteiger partial charge in [0, 0.05) is 18.7 Å². The van der Waals surface area contributed by atoms with E-state index in [0.29, 0.717) is 5.92 Å². The molecule has 1 aliphatic heterocycles. The largest absolute Gasteiger partial charge is 0.358 e. The maximum absolute atomic E-state index is 6.09. The highest BCUT2D eigenvalue weighted by atomic mass is 16.5. The molecule has 1 atom stereocenters. The van der Waals surface area contributed by atoms with Crippen molar-refractivity contribution in [2.24, 2.45) is 0 Å². The lowest BCUT2D eigenvalue weighted by Crippen LogP contribution is -2.23. The van der Waals surface area contributed by atoms with Gasteiger partial charge in [0.25, 0.3) is 0 Å². The van der Waals surface area contributed by atoms with Gasteiger partial charge in [0.15, 0.2) is 5.65 Å². The Labute approximate surface area is 130 Å². The Morgan fingerprint density at radius 1 is 1.00 bits per heavy atom. The summed E-state index contributed by atoms with van der Waals surface area (Å²) in [5.74, 6) is 2.58. The molecule has 0 bridgehead atoms. The van der Waals surface area contributed by atoms with E-state index in [0.717, 1.165) is 30.1 Å². The van der Waals surface area contributed by atoms with Gasteiger partial charge in [0.05, 0.1) is 0 Å². The summed E-state index contributed by atoms with van der Waals surface area (Å²) in [7, 11) is 0. The van der Waals surface area contributed by atoms with Crippen LogP contribution in [-0.4, -0.2) is 21.1 Å². The molecule has 1 unspecified atom stereocenters. The third-order valence-corrected chi connectivity index (χ3v) is 5.57. The monoisotopic (exact) mass is 297 g/mol. The molecule has 22 heavy (non-hydrogen) atoms. The van der Waals surface area contributed by atoms with Crippen LogP contribution in [0.3, 0.4) is 0 Å². The van der Waals surface area contributed by atoms with E-state index in [-0.39, 0.29) is 6.23 Å². The zero-order valence-electron chi connectivity index (χ0n) is 13.0. The van der Waals surface area contributed by atoms with Crippen LogP contribution in [-0.2, 0) is 4.74 Å². The molecule has 4 nitrogen and oxygen atoms in total. The van der Waals surface area contributed by atoms with Crippen molar-refractivity contribution in [3.05, 3.63) is 23.7 Å². The van der Waals surface area contributed by atoms with Crippen molar-refractivity contribution < 1.29 is 4.74 Å². The van der Waals surface area contributed by atoms with Gasteiger partial charge in [0.1, 0.15) is 17.6 Å². The predicted octanol–water partition coefficient (Wildman–Crippen LogP) is 4.28. The summed E-state index contributed by atoms with van der Waals surface area (Å²) in [6.07, 6.45) is 12.2. The molecular weight excluding hydrogens is 274 g/mol. The van der Waals surface area contributed by atoms with Crippen molar-refractivity contribution in [2.75, 3.05) is 6.61 Å². The zero-order chi connectivity index (χ0) is 14.5. The molecule has 5 rings (SSSR count). The van der Waals surface area contributed by atoms with Crippen LogP contribution in [0.4, 0.5) is 0 Å². The lowest BCUT2D eigenvalue weighted by Gasteiger charge is -2.30. The quantitative estimate of drug-likeness (QED) is 0.849. The summed E-state index contributed by atoms with van der Waals surface area (Å²) in [6.45, 7) is 0.872. The summed E-state index contributed by atoms with van der Waals surface area (Å²) in [5.41, 5.74) is 3.64. The number of rotatable bonds is 3. The molecule has 0 N–H and O–H groups in total. The summed E-state index contributed by atoms with van der Waals surface area (Å²) >= 11 is 0. The minimum atomic E-state index is 0.149. The molecule has 3 fully saturated rings. The molecular formula is C18H23N3O. The predicted molar refractivity (Wildman–Crippen MR) is 84.9 cm³/mol. The fourth-order valence-electron chi connectivity index (χ4n) is 3.91. The van der Waals surface area contributed by atoms with Crippen LogP contribution >= 0.6 is 0 Å². The van der Waals surface area contributed by atoms with Crippen molar-refractivity contribution in [2.45, 2.75) is 69.4 Å². The minimum Gasteiger partial charge on any atom is -0.358 e. The molecule has 2 aliphatic carbocycles. The molecule has 0 amide bonds. The van der Waals surface area contributed by atoms with Gasteiger partial charge in [-0.2, -0.15) is 0 Å². The van der Waals surface area contributed by atoms with E-state index in [1.165, 1.54) is 56.3 Å². The van der Waals surface area contributed by atoms with E-state index in [1.54, 1.807) is 0 Å². The van der Waals surface area contributed by atoms with Gasteiger partial charge in [-0.3, -0.25) is 4.57 Å². The first-order valence-electron chi connectivity index (χ1n) is 8.90. The summed E-state index contributed by atoms with van der Waals surface area (Å²) in [5, 5.41) is 0. The highest BCUT2D eigenvalue weighted by Crippen LogP contribution is 2.45. The van der Waals surface area contributed by atoms with Crippen LogP contribution < -0.4 is 0 Å². The molecule has 3 aliphatic rings. The number of ether oxygens (including phenoxy) is 1. The number of hydrogen-bond donors (Lipinski definition) is 0. The van der Waals surface area contributed by atoms with Crippen LogP contribution in [0, 0.1) is 0 Å². The van der Waals surface area contributed by atoms with Crippen LogP contribution in [0.2, 0.25) is 0 Å². The Bertz CT molecular complexity index is 694. The Balaban J connectivity index is 1.68. The van der Waals surface area contributed by atoms with Crippen molar-refractivity contribution in [1.82, 2.24) is 14.5 Å². The molecule has 116 valence electrons. The number of imidazole rings is 1. The maximum Gasteiger partial charge on any atom is 0.162 e. The summed E-state index contributed by atoms with van der Waals surface area (Å²) in [6, 6.07) is 2.18. The number of pyridine rings is 1. The minimum absolute atomic E-state index is 0.149. The van der Waals surface area contributed by atoms with Crippen LogP contribution in [0.1, 0.15) is 80.8 Å². The molecule has 2 saturated carbocycles. The highest BCUT2D eigenvalue weighted by Gasteiger charge is 2.33. The van der Waals surface area contributed by atoms with E-state index >= 15 is 0 Å². The van der Waals surface area contributed by atoms with Crippen LogP contribution in [0.25, 0.3) is 11.2 Å². The smallest absolute Gasteiger partial charge is 0.162 e. The molecule has 0 spiro atoms. The van der Waals surface area contributed by atoms with Crippen LogP contribution in [0.15, 0.2) is 12.3 Å². The third-order valence-electron chi connectivity index (χ3n) is 5.57. The van der Waals surface area contributed by atoms with Crippen molar-refractivity contribution in [3.63, 3.8) is 0 Å². The lowest BCUT2D eigenvalue weighted by atomic mass is 9.84. The second-order valence-electron chi connectivity index (χ2n) is 7.14. The van der Waals surface area contributed by atoms with Gasteiger partial charge in [-0.25, -0.2) is 9.97 Å². The van der Waals surface area contributed by atoms with E-state index in [9.17, 15) is 0 Å². The Hall–Kier alpha value is -1.42. The van der Waals surface area contributed by atoms with Gasteiger partial charge < -0.3 is 4.74 Å². The van der Waals surface area contributed by atoms with E-state index < -0.39 is 0 Å². The average Bonchev–Trinajstić information content (AvgIpc) is 3.27. The second-order valence-corrected chi connectivity index (χ2v) is 7.14. The number of nitrogens with zero attached hydrogens (tertiary/aromatic N) is 3. The van der Waals surface area contributed by atoms with E-state index in [4.69, 9.17) is 14.7 Å².